The van der Waals surface area contributed by atoms with E-state index in [2.05, 4.69) is 55.0 Å². The molecule has 18 nitrogen and oxygen atoms in total. The van der Waals surface area contributed by atoms with Gasteiger partial charge in [-0.15, -0.1) is 0 Å². The lowest BCUT2D eigenvalue weighted by Crippen LogP contribution is -2.46. The lowest BCUT2D eigenvalue weighted by Gasteiger charge is -2.39. The van der Waals surface area contributed by atoms with Crippen LogP contribution in [0.15, 0.2) is 194 Å². The molecule has 0 bridgehead atoms. The van der Waals surface area contributed by atoms with Crippen LogP contribution in [0, 0.1) is 5.82 Å². The maximum Gasteiger partial charge on any atom is 0.258 e. The van der Waals surface area contributed by atoms with Gasteiger partial charge in [-0.3, -0.25) is 34.7 Å². The molecule has 0 radical (unpaired) electrons. The molecule has 3 aliphatic rings. The van der Waals surface area contributed by atoms with E-state index in [1.807, 2.05) is 103 Å². The number of hydrogen-bond acceptors (Lipinski definition) is 17. The Bertz CT molecular complexity index is 4910. The van der Waals surface area contributed by atoms with Gasteiger partial charge in [-0.25, -0.2) is 34.3 Å². The van der Waals surface area contributed by atoms with Gasteiger partial charge in [0, 0.05) is 151 Å². The average molecular weight is 1140 g/mol. The molecule has 0 atom stereocenters. The zero-order valence-corrected chi connectivity index (χ0v) is 46.8. The minimum atomic E-state index is -0.483. The highest BCUT2D eigenvalue weighted by Gasteiger charge is 2.37. The number of aromatic nitrogens is 13. The van der Waals surface area contributed by atoms with E-state index in [0.29, 0.717) is 67.1 Å². The van der Waals surface area contributed by atoms with Crippen molar-refractivity contribution in [2.75, 3.05) is 59.7 Å². The van der Waals surface area contributed by atoms with Gasteiger partial charge in [-0.1, -0.05) is 91.0 Å². The third-order valence-electron chi connectivity index (χ3n) is 17.1. The summed E-state index contributed by atoms with van der Waals surface area (Å²) in [6.07, 6.45) is 14.6. The predicted molar refractivity (Wildman–Crippen MR) is 334 cm³/mol. The molecular weight excluding hydrogens is 1090 g/mol. The van der Waals surface area contributed by atoms with Gasteiger partial charge in [0.05, 0.1) is 74.3 Å². The van der Waals surface area contributed by atoms with Gasteiger partial charge in [0.15, 0.2) is 0 Å². The highest BCUT2D eigenvalue weighted by atomic mass is 19.1. The quantitative estimate of drug-likeness (QED) is 0.106. The molecule has 3 fully saturated rings. The number of anilines is 4. The van der Waals surface area contributed by atoms with Gasteiger partial charge in [0.1, 0.15) is 5.82 Å². The van der Waals surface area contributed by atoms with Crippen LogP contribution in [0.25, 0.3) is 77.3 Å². The Kier molecular flexibility index (Phi) is 12.6. The van der Waals surface area contributed by atoms with Gasteiger partial charge in [0.2, 0.25) is 17.8 Å². The van der Waals surface area contributed by atoms with E-state index in [1.54, 1.807) is 53.9 Å². The number of nitrogens with two attached hydrogens (primary N) is 1. The summed E-state index contributed by atoms with van der Waals surface area (Å²) >= 11 is 0. The van der Waals surface area contributed by atoms with Crippen LogP contribution in [0.1, 0.15) is 51.8 Å². The zero-order valence-electron chi connectivity index (χ0n) is 46.8. The molecule has 87 heavy (non-hydrogen) atoms. The Hall–Kier alpha value is -11.1. The van der Waals surface area contributed by atoms with Crippen molar-refractivity contribution >= 4 is 67.0 Å². The van der Waals surface area contributed by atoms with Crippen LogP contribution in [-0.4, -0.2) is 104 Å². The van der Waals surface area contributed by atoms with E-state index in [0.717, 1.165) is 108 Å². The normalized spacial score (nSPS) is 14.7. The van der Waals surface area contributed by atoms with E-state index < -0.39 is 5.82 Å². The number of benzene rings is 6. The Labute approximate surface area is 497 Å². The van der Waals surface area contributed by atoms with E-state index in [1.165, 1.54) is 6.07 Å². The monoisotopic (exact) mass is 1140 g/mol. The number of rotatable bonds is 13. The van der Waals surface area contributed by atoms with Crippen LogP contribution in [0.3, 0.4) is 0 Å². The van der Waals surface area contributed by atoms with E-state index in [-0.39, 0.29) is 35.5 Å². The highest BCUT2D eigenvalue weighted by Crippen LogP contribution is 2.39. The molecule has 2 N–H and O–H groups in total. The number of halogens is 1. The summed E-state index contributed by atoms with van der Waals surface area (Å²) in [5.41, 5.74) is 18.6. The second kappa shape index (κ2) is 21.2. The molecule has 6 aromatic carbocycles. The minimum Gasteiger partial charge on any atom is -0.396 e. The fourth-order valence-electron chi connectivity index (χ4n) is 12.3. The third kappa shape index (κ3) is 9.49. The highest BCUT2D eigenvalue weighted by molar-refractivity contribution is 5.87. The largest absolute Gasteiger partial charge is 0.396 e. The SMILES string of the molecule is Nc1ccc(-c2nccnc2C2CN(c3nc(Cc4ccc(-c5nccnc5C5CN(c6nc(Cn7ccc8cc(-c9nccnc9C9CN(c%10ncc%11ccccc%11n%10)C9)ccc8c7=O)c7ccccc7n6)C5)cc4)c4ccccc4n3)C2)cc1F. The Morgan fingerprint density at radius 2 is 0.943 bits per heavy atom. The van der Waals surface area contributed by atoms with Crippen LogP contribution in [0.2, 0.25) is 0 Å². The fraction of sp³-hybridized carbons (Fsp3) is 0.162. The van der Waals surface area contributed by atoms with Gasteiger partial charge < -0.3 is 25.0 Å². The molecule has 0 spiro atoms. The molecule has 19 heteroatoms. The minimum absolute atomic E-state index is 0.0597. The first-order valence-corrected chi connectivity index (χ1v) is 29.0. The van der Waals surface area contributed by atoms with Crippen molar-refractivity contribution in [1.29, 1.82) is 0 Å². The van der Waals surface area contributed by atoms with Crippen molar-refractivity contribution in [2.24, 2.45) is 0 Å². The molecule has 7 aromatic heterocycles. The molecule has 16 rings (SSSR count). The second-order valence-corrected chi connectivity index (χ2v) is 22.5. The topological polar surface area (TPSA) is 212 Å². The van der Waals surface area contributed by atoms with Gasteiger partial charge >= 0.3 is 0 Å². The molecule has 0 aliphatic carbocycles. The van der Waals surface area contributed by atoms with Crippen LogP contribution >= 0.6 is 0 Å². The van der Waals surface area contributed by atoms with E-state index >= 15 is 0 Å². The molecule has 0 saturated carbocycles. The summed E-state index contributed by atoms with van der Waals surface area (Å²) in [7, 11) is 0. The molecular formula is C68H52FN17O. The summed E-state index contributed by atoms with van der Waals surface area (Å²) < 4.78 is 16.2. The summed E-state index contributed by atoms with van der Waals surface area (Å²) in [6.45, 7) is 4.29. The van der Waals surface area contributed by atoms with Crippen molar-refractivity contribution in [3.05, 3.63) is 239 Å². The van der Waals surface area contributed by atoms with Crippen LogP contribution < -0.4 is 26.0 Å². The average Bonchev–Trinajstić information content (AvgIpc) is 1.61. The van der Waals surface area contributed by atoms with Crippen LogP contribution in [-0.2, 0) is 13.0 Å². The zero-order chi connectivity index (χ0) is 58.1. The molecule has 422 valence electrons. The Morgan fingerprint density at radius 3 is 1.56 bits per heavy atom. The van der Waals surface area contributed by atoms with Crippen molar-refractivity contribution < 1.29 is 4.39 Å². The van der Waals surface area contributed by atoms with E-state index in [9.17, 15) is 9.18 Å². The number of nitrogens with zero attached hydrogens (tertiary/aromatic N) is 16. The summed E-state index contributed by atoms with van der Waals surface area (Å²) in [4.78, 5) is 79.3. The Morgan fingerprint density at radius 1 is 0.448 bits per heavy atom. The number of nitrogen functional groups attached to an aromatic ring is 1. The summed E-state index contributed by atoms with van der Waals surface area (Å²) in [5, 5.41) is 4.32. The molecule has 0 amide bonds. The number of hydrogen-bond donors (Lipinski definition) is 1. The Balaban J connectivity index is 0.599. The molecule has 3 aliphatic heterocycles. The summed E-state index contributed by atoms with van der Waals surface area (Å²) in [5.74, 6) is 1.78. The predicted octanol–water partition coefficient (Wildman–Crippen LogP) is 10.4. The second-order valence-electron chi connectivity index (χ2n) is 22.5. The first-order valence-electron chi connectivity index (χ1n) is 29.0. The third-order valence-corrected chi connectivity index (χ3v) is 17.1. The number of fused-ring (bicyclic) bond motifs is 4. The number of pyridine rings is 1. The van der Waals surface area contributed by atoms with Crippen molar-refractivity contribution in [2.45, 2.75) is 30.7 Å². The molecule has 10 heterocycles. The maximum atomic E-state index is 14.5. The lowest BCUT2D eigenvalue weighted by atomic mass is 9.92. The molecule has 0 unspecified atom stereocenters. The van der Waals surface area contributed by atoms with Crippen molar-refractivity contribution in [3.8, 4) is 33.8 Å². The smallest absolute Gasteiger partial charge is 0.258 e. The van der Waals surface area contributed by atoms with Gasteiger partial charge in [0.25, 0.3) is 5.56 Å². The summed E-state index contributed by atoms with van der Waals surface area (Å²) in [6, 6.07) is 45.2. The lowest BCUT2D eigenvalue weighted by molar-refractivity contribution is 0.502. The van der Waals surface area contributed by atoms with Crippen LogP contribution in [0.5, 0.6) is 0 Å². The van der Waals surface area contributed by atoms with Crippen molar-refractivity contribution in [1.82, 2.24) is 64.4 Å². The van der Waals surface area contributed by atoms with Gasteiger partial charge in [-0.2, -0.15) is 0 Å². The standard InChI is InChI=1S/C68H52FN17O/c69-52-31-44(18-20-53(52)70)61-64(76-27-24-73-61)48-37-85(38-48)67-79-55-11-5-2-8-50(55)57(81-67)29-40-13-15-41(16-14-40)59-62(74-25-22-71-59)47-35-86(36-47)68-80-56-12-6-3-9-51(56)58(82-68)39-83-28-21-42-30-43(17-19-49(42)65(83)87)60-63(75-26-23-72-60)46-33-84(34-46)66-77-32-45-7-1-4-10-54(45)78-66/h1-28,30-32,46-48H,29,33-39,70H2. The molecule has 13 aromatic rings. The fourth-order valence-corrected chi connectivity index (χ4v) is 12.3. The van der Waals surface area contributed by atoms with Gasteiger partial charge in [-0.05, 0) is 59.5 Å². The first kappa shape index (κ1) is 51.6. The molecule has 3 saturated heterocycles. The van der Waals surface area contributed by atoms with Crippen LogP contribution in [0.4, 0.5) is 27.9 Å². The number of para-hydroxylation sites is 3. The van der Waals surface area contributed by atoms with E-state index in [4.69, 9.17) is 55.6 Å². The first-order chi connectivity index (χ1) is 42.8. The maximum absolute atomic E-state index is 14.5. The van der Waals surface area contributed by atoms with Crippen molar-refractivity contribution in [3.63, 3.8) is 0 Å².